The first-order valence-electron chi connectivity index (χ1n) is 10.5. The molecule has 10 nitrogen and oxygen atoms in total. The predicted molar refractivity (Wildman–Crippen MR) is 122 cm³/mol. The number of carbonyl (C=O) groups excluding carboxylic acids is 3. The molecule has 33 heavy (non-hydrogen) atoms. The van der Waals surface area contributed by atoms with Crippen LogP contribution >= 0.6 is 11.6 Å². The van der Waals surface area contributed by atoms with Crippen LogP contribution in [0.5, 0.6) is 0 Å². The van der Waals surface area contributed by atoms with Gasteiger partial charge in [0.1, 0.15) is 12.1 Å². The van der Waals surface area contributed by atoms with Crippen molar-refractivity contribution in [2.75, 3.05) is 39.4 Å². The smallest absolute Gasteiger partial charge is 0.245 e. The summed E-state index contributed by atoms with van der Waals surface area (Å²) >= 11 is 5.85. The summed E-state index contributed by atoms with van der Waals surface area (Å²) in [5, 5.41) is 1.43. The number of halogens is 1. The highest BCUT2D eigenvalue weighted by Crippen LogP contribution is 2.24. The van der Waals surface area contributed by atoms with Gasteiger partial charge in [-0.15, -0.1) is 0 Å². The minimum absolute atomic E-state index is 0.140. The molecule has 1 aromatic carbocycles. The van der Waals surface area contributed by atoms with E-state index < -0.39 is 40.5 Å². The molecule has 2 aliphatic heterocycles. The first-order valence-corrected chi connectivity index (χ1v) is 12.4. The van der Waals surface area contributed by atoms with E-state index in [4.69, 9.17) is 22.1 Å². The minimum Gasteiger partial charge on any atom is -0.378 e. The molecule has 12 heteroatoms. The molecule has 0 bridgehead atoms. The highest BCUT2D eigenvalue weighted by atomic mass is 35.5. The highest BCUT2D eigenvalue weighted by molar-refractivity contribution is 7.92. The number of carbonyl (C=O) groups is 3. The second kappa shape index (κ2) is 10.6. The van der Waals surface area contributed by atoms with E-state index >= 15 is 0 Å². The lowest BCUT2D eigenvalue weighted by molar-refractivity contribution is -0.146. The lowest BCUT2D eigenvalue weighted by Crippen LogP contribution is -2.53. The molecule has 2 heterocycles. The Balaban J connectivity index is 1.78. The molecular formula is C21H27ClN4O6S. The molecule has 0 spiro atoms. The number of morpholine rings is 1. The molecule has 2 aliphatic rings. The average Bonchev–Trinajstić information content (AvgIpc) is 3.17. The SMILES string of the molecule is C[C@@H](C(=O)N1CCOCC1)N1CC[C@H](N(CC(N)=O)S(=O)(=O)C=Cc2ccc(Cl)cc2)C1=O. The van der Waals surface area contributed by atoms with Crippen molar-refractivity contribution in [2.24, 2.45) is 5.73 Å². The van der Waals surface area contributed by atoms with Crippen LogP contribution in [0.2, 0.25) is 5.02 Å². The fourth-order valence-corrected chi connectivity index (χ4v) is 5.34. The second-order valence-corrected chi connectivity index (χ2v) is 10.1. The van der Waals surface area contributed by atoms with Gasteiger partial charge in [0.05, 0.1) is 19.8 Å². The highest BCUT2D eigenvalue weighted by Gasteiger charge is 2.44. The molecule has 0 aromatic heterocycles. The van der Waals surface area contributed by atoms with Crippen LogP contribution in [0.3, 0.4) is 0 Å². The van der Waals surface area contributed by atoms with Crippen LogP contribution in [0.1, 0.15) is 18.9 Å². The van der Waals surface area contributed by atoms with Gasteiger partial charge in [-0.25, -0.2) is 8.42 Å². The van der Waals surface area contributed by atoms with E-state index in [0.717, 1.165) is 9.71 Å². The summed E-state index contributed by atoms with van der Waals surface area (Å²) in [5.74, 6) is -1.64. The van der Waals surface area contributed by atoms with E-state index in [-0.39, 0.29) is 18.9 Å². The molecule has 0 saturated carbocycles. The standard InChI is InChI=1S/C21H27ClN4O6S/c1-15(20(28)24-9-11-32-12-10-24)25-8-6-18(21(25)29)26(14-19(23)27)33(30,31)13-7-16-2-4-17(22)5-3-16/h2-5,7,13,15,18H,6,8-12,14H2,1H3,(H2,23,27)/t15-,18-/m0/s1. The normalized spacial score (nSPS) is 20.6. The zero-order valence-corrected chi connectivity index (χ0v) is 19.8. The number of nitrogens with two attached hydrogens (primary N) is 1. The Kier molecular flexibility index (Phi) is 8.11. The Morgan fingerprint density at radius 1 is 1.24 bits per heavy atom. The number of benzene rings is 1. The zero-order chi connectivity index (χ0) is 24.2. The summed E-state index contributed by atoms with van der Waals surface area (Å²) < 4.78 is 32.1. The van der Waals surface area contributed by atoms with Gasteiger partial charge in [0.15, 0.2) is 0 Å². The van der Waals surface area contributed by atoms with Crippen LogP contribution in [0.15, 0.2) is 29.7 Å². The van der Waals surface area contributed by atoms with Crippen molar-refractivity contribution >= 4 is 45.4 Å². The molecule has 2 atom stereocenters. The average molecular weight is 499 g/mol. The number of amides is 3. The number of primary amides is 1. The van der Waals surface area contributed by atoms with Crippen molar-refractivity contribution < 1.29 is 27.5 Å². The fourth-order valence-electron chi connectivity index (χ4n) is 3.87. The largest absolute Gasteiger partial charge is 0.378 e. The number of nitrogens with zero attached hydrogens (tertiary/aromatic N) is 3. The van der Waals surface area contributed by atoms with E-state index in [0.29, 0.717) is 36.9 Å². The number of sulfonamides is 1. The van der Waals surface area contributed by atoms with E-state index in [1.807, 2.05) is 0 Å². The Labute approximate surface area is 197 Å². The molecular weight excluding hydrogens is 472 g/mol. The Bertz CT molecular complexity index is 1020. The first-order chi connectivity index (χ1) is 15.6. The van der Waals surface area contributed by atoms with E-state index in [1.54, 1.807) is 36.1 Å². The van der Waals surface area contributed by atoms with Gasteiger partial charge in [-0.3, -0.25) is 14.4 Å². The summed E-state index contributed by atoms with van der Waals surface area (Å²) in [6.45, 7) is 2.89. The van der Waals surface area contributed by atoms with Gasteiger partial charge in [-0.05, 0) is 37.1 Å². The third kappa shape index (κ3) is 6.11. The molecule has 2 N–H and O–H groups in total. The van der Waals surface area contributed by atoms with Gasteiger partial charge in [-0.2, -0.15) is 4.31 Å². The van der Waals surface area contributed by atoms with Crippen molar-refractivity contribution in [3.05, 3.63) is 40.3 Å². The van der Waals surface area contributed by atoms with Gasteiger partial charge in [-0.1, -0.05) is 23.7 Å². The zero-order valence-electron chi connectivity index (χ0n) is 18.2. The van der Waals surface area contributed by atoms with Gasteiger partial charge >= 0.3 is 0 Å². The van der Waals surface area contributed by atoms with Crippen molar-refractivity contribution in [3.63, 3.8) is 0 Å². The molecule has 1 aromatic rings. The number of hydrogen-bond acceptors (Lipinski definition) is 6. The summed E-state index contributed by atoms with van der Waals surface area (Å²) in [7, 11) is -4.17. The maximum Gasteiger partial charge on any atom is 0.245 e. The maximum atomic E-state index is 13.1. The predicted octanol–water partition coefficient (Wildman–Crippen LogP) is 0.276. The Hall–Kier alpha value is -2.47. The van der Waals surface area contributed by atoms with Crippen LogP contribution in [0.25, 0.3) is 6.08 Å². The maximum absolute atomic E-state index is 13.1. The summed E-state index contributed by atoms with van der Waals surface area (Å²) in [5.41, 5.74) is 5.86. The van der Waals surface area contributed by atoms with Gasteiger partial charge in [0.25, 0.3) is 0 Å². The Morgan fingerprint density at radius 2 is 1.88 bits per heavy atom. The third-order valence-corrected chi connectivity index (χ3v) is 7.42. The number of ether oxygens (including phenoxy) is 1. The molecule has 0 unspecified atom stereocenters. The van der Waals surface area contributed by atoms with Crippen LogP contribution < -0.4 is 5.73 Å². The van der Waals surface area contributed by atoms with E-state index in [1.165, 1.54) is 11.0 Å². The third-order valence-electron chi connectivity index (χ3n) is 5.65. The van der Waals surface area contributed by atoms with E-state index in [2.05, 4.69) is 0 Å². The molecule has 0 aliphatic carbocycles. The topological polar surface area (TPSA) is 130 Å². The molecule has 2 fully saturated rings. The fraction of sp³-hybridized carbons (Fsp3) is 0.476. The van der Waals surface area contributed by atoms with E-state index in [9.17, 15) is 22.8 Å². The molecule has 180 valence electrons. The van der Waals surface area contributed by atoms with Gasteiger partial charge < -0.3 is 20.3 Å². The summed E-state index contributed by atoms with van der Waals surface area (Å²) in [6, 6.07) is 4.60. The summed E-state index contributed by atoms with van der Waals surface area (Å²) in [6.07, 6.45) is 1.49. The lowest BCUT2D eigenvalue weighted by atomic mass is 10.2. The molecule has 0 radical (unpaired) electrons. The van der Waals surface area contributed by atoms with Crippen molar-refractivity contribution in [2.45, 2.75) is 25.4 Å². The van der Waals surface area contributed by atoms with Crippen molar-refractivity contribution in [3.8, 4) is 0 Å². The van der Waals surface area contributed by atoms with Crippen LogP contribution in [-0.4, -0.2) is 91.7 Å². The molecule has 3 rings (SSSR count). The summed E-state index contributed by atoms with van der Waals surface area (Å²) in [4.78, 5) is 40.6. The number of rotatable bonds is 8. The molecule has 2 saturated heterocycles. The van der Waals surface area contributed by atoms with Crippen LogP contribution in [0, 0.1) is 0 Å². The van der Waals surface area contributed by atoms with Crippen molar-refractivity contribution in [1.29, 1.82) is 0 Å². The van der Waals surface area contributed by atoms with Crippen LogP contribution in [-0.2, 0) is 29.1 Å². The number of hydrogen-bond donors (Lipinski definition) is 1. The monoisotopic (exact) mass is 498 g/mol. The van der Waals surface area contributed by atoms with Gasteiger partial charge in [0.2, 0.25) is 27.7 Å². The van der Waals surface area contributed by atoms with Gasteiger partial charge in [0, 0.05) is 30.1 Å². The van der Waals surface area contributed by atoms with Crippen LogP contribution in [0.4, 0.5) is 0 Å². The molecule has 3 amide bonds. The Morgan fingerprint density at radius 3 is 2.48 bits per heavy atom. The minimum atomic E-state index is -4.17. The lowest BCUT2D eigenvalue weighted by Gasteiger charge is -2.33. The second-order valence-electron chi connectivity index (χ2n) is 7.86. The number of likely N-dealkylation sites (tertiary alicyclic amines) is 1. The quantitative estimate of drug-likeness (QED) is 0.547. The first kappa shape index (κ1) is 25.2. The van der Waals surface area contributed by atoms with Crippen molar-refractivity contribution in [1.82, 2.24) is 14.1 Å².